The van der Waals surface area contributed by atoms with Gasteiger partial charge in [0.15, 0.2) is 11.5 Å². The predicted molar refractivity (Wildman–Crippen MR) is 131 cm³/mol. The third-order valence-corrected chi connectivity index (χ3v) is 7.97. The maximum atomic E-state index is 13.4. The Morgan fingerprint density at radius 3 is 2.38 bits per heavy atom. The second-order valence-corrected chi connectivity index (χ2v) is 10.6. The van der Waals surface area contributed by atoms with Gasteiger partial charge in [-0.2, -0.15) is 0 Å². The summed E-state index contributed by atoms with van der Waals surface area (Å²) in [6, 6.07) is 6.40. The molecule has 2 aliphatic heterocycles. The molecule has 7 heteroatoms. The lowest BCUT2D eigenvalue weighted by molar-refractivity contribution is -0.123. The van der Waals surface area contributed by atoms with Crippen LogP contribution in [0.5, 0.6) is 11.5 Å². The van der Waals surface area contributed by atoms with Crippen LogP contribution in [0.1, 0.15) is 65.3 Å². The molecule has 1 unspecified atom stereocenters. The summed E-state index contributed by atoms with van der Waals surface area (Å²) in [6.45, 7) is 6.70. The minimum atomic E-state index is -0.696. The Balaban J connectivity index is 1.34. The van der Waals surface area contributed by atoms with Crippen LogP contribution in [0.25, 0.3) is 0 Å². The van der Waals surface area contributed by atoms with E-state index >= 15 is 0 Å². The largest absolute Gasteiger partial charge is 0.448 e. The van der Waals surface area contributed by atoms with Crippen LogP contribution in [0.3, 0.4) is 0 Å². The Morgan fingerprint density at radius 2 is 1.74 bits per heavy atom. The number of ether oxygens (including phenoxy) is 2. The molecule has 1 saturated carbocycles. The van der Waals surface area contributed by atoms with E-state index < -0.39 is 5.79 Å². The van der Waals surface area contributed by atoms with Crippen molar-refractivity contribution in [3.63, 3.8) is 0 Å². The van der Waals surface area contributed by atoms with Gasteiger partial charge in [-0.15, -0.1) is 0 Å². The Labute approximate surface area is 201 Å². The van der Waals surface area contributed by atoms with Crippen LogP contribution in [-0.4, -0.2) is 53.2 Å². The first kappa shape index (κ1) is 23.0. The fraction of sp³-hybridized carbons (Fsp3) is 0.556. The van der Waals surface area contributed by atoms with Crippen LogP contribution in [0.15, 0.2) is 23.0 Å². The minimum Gasteiger partial charge on any atom is -0.448 e. The van der Waals surface area contributed by atoms with Gasteiger partial charge in [-0.3, -0.25) is 9.59 Å². The fourth-order valence-electron chi connectivity index (χ4n) is 5.86. The molecule has 1 aromatic carbocycles. The summed E-state index contributed by atoms with van der Waals surface area (Å²) in [5.74, 6) is 0.945. The molecule has 1 aliphatic carbocycles. The van der Waals surface area contributed by atoms with Gasteiger partial charge in [0.2, 0.25) is 0 Å². The van der Waals surface area contributed by atoms with Gasteiger partial charge in [-0.25, -0.2) is 0 Å². The third-order valence-electron chi connectivity index (χ3n) is 7.97. The molecule has 0 saturated heterocycles. The second-order valence-electron chi connectivity index (χ2n) is 10.6. The van der Waals surface area contributed by atoms with Crippen LogP contribution in [0, 0.1) is 19.8 Å². The number of H-pyrrole nitrogens is 1. The molecular formula is C27H35N3O4. The van der Waals surface area contributed by atoms with Crippen LogP contribution in [0.4, 0.5) is 0 Å². The van der Waals surface area contributed by atoms with E-state index in [1.165, 1.54) is 0 Å². The molecule has 1 atom stereocenters. The average molecular weight is 466 g/mol. The normalized spacial score (nSPS) is 26.2. The lowest BCUT2D eigenvalue weighted by Crippen LogP contribution is -2.46. The number of carbonyl (C=O) groups is 1. The molecule has 3 heterocycles. The number of rotatable bonds is 4. The van der Waals surface area contributed by atoms with Crippen molar-refractivity contribution in [3.8, 4) is 11.5 Å². The van der Waals surface area contributed by atoms with Crippen molar-refractivity contribution >= 4 is 5.91 Å². The van der Waals surface area contributed by atoms with Gasteiger partial charge in [-0.05, 0) is 89.4 Å². The average Bonchev–Trinajstić information content (AvgIpc) is 3.12. The second kappa shape index (κ2) is 8.45. The first-order valence-corrected chi connectivity index (χ1v) is 12.3. The van der Waals surface area contributed by atoms with Crippen molar-refractivity contribution in [1.82, 2.24) is 14.8 Å². The summed E-state index contributed by atoms with van der Waals surface area (Å²) >= 11 is 0. The number of benzene rings is 1. The number of pyridine rings is 1. The maximum absolute atomic E-state index is 13.4. The van der Waals surface area contributed by atoms with Crippen LogP contribution < -0.4 is 15.0 Å². The zero-order chi connectivity index (χ0) is 24.2. The van der Waals surface area contributed by atoms with Gasteiger partial charge in [0.05, 0.1) is 6.54 Å². The quantitative estimate of drug-likeness (QED) is 0.744. The van der Waals surface area contributed by atoms with Gasteiger partial charge in [0.25, 0.3) is 17.3 Å². The molecule has 1 N–H and O–H groups in total. The van der Waals surface area contributed by atoms with E-state index in [0.29, 0.717) is 41.9 Å². The van der Waals surface area contributed by atoms with Crippen molar-refractivity contribution < 1.29 is 14.3 Å². The van der Waals surface area contributed by atoms with E-state index in [9.17, 15) is 9.59 Å². The van der Waals surface area contributed by atoms with Crippen LogP contribution >= 0.6 is 0 Å². The number of nitrogens with zero attached hydrogens (tertiary/aromatic N) is 2. The molecule has 5 rings (SSSR count). The number of carbonyl (C=O) groups excluding carboxylic acids is 1. The van der Waals surface area contributed by atoms with Crippen LogP contribution in [-0.2, 0) is 13.0 Å². The number of aromatic nitrogens is 1. The standard InChI is InChI=1S/C27H35N3O4/c1-16-12-17(2)28-25(31)22(16)15-30-11-10-18-13-23-24(14-21(18)26(30)32)34-27(3,33-23)19-6-8-20(9-7-19)29(4)5/h12-14,19-20H,6-11,15H2,1-5H3,(H,28,31). The lowest BCUT2D eigenvalue weighted by Gasteiger charge is -2.39. The SMILES string of the molecule is Cc1cc(C)c(CN2CCc3cc4c(cc3C2=O)OC(C)(C2CCC(N(C)C)CC2)O4)c(=O)[nH]1. The van der Waals surface area contributed by atoms with E-state index in [1.807, 2.05) is 39.0 Å². The summed E-state index contributed by atoms with van der Waals surface area (Å²) in [5.41, 5.74) is 3.89. The molecule has 34 heavy (non-hydrogen) atoms. The monoisotopic (exact) mass is 465 g/mol. The van der Waals surface area contributed by atoms with Gasteiger partial charge in [0, 0.05) is 42.2 Å². The van der Waals surface area contributed by atoms with Crippen molar-refractivity contribution in [2.45, 2.75) is 71.2 Å². The van der Waals surface area contributed by atoms with E-state index in [-0.39, 0.29) is 11.5 Å². The predicted octanol–water partition coefficient (Wildman–Crippen LogP) is 3.80. The van der Waals surface area contributed by atoms with Crippen molar-refractivity contribution in [2.75, 3.05) is 20.6 Å². The highest BCUT2D eigenvalue weighted by Gasteiger charge is 2.46. The van der Waals surface area contributed by atoms with Crippen LogP contribution in [0.2, 0.25) is 0 Å². The van der Waals surface area contributed by atoms with E-state index in [2.05, 4.69) is 24.0 Å². The number of hydrogen-bond acceptors (Lipinski definition) is 5. The number of aryl methyl sites for hydroxylation is 2. The number of nitrogens with one attached hydrogen (secondary N) is 1. The van der Waals surface area contributed by atoms with E-state index in [4.69, 9.17) is 9.47 Å². The molecule has 1 amide bonds. The number of amides is 1. The molecule has 7 nitrogen and oxygen atoms in total. The fourth-order valence-corrected chi connectivity index (χ4v) is 5.86. The zero-order valence-electron chi connectivity index (χ0n) is 20.9. The summed E-state index contributed by atoms with van der Waals surface area (Å²) in [6.07, 6.45) is 5.12. The van der Waals surface area contributed by atoms with Gasteiger partial charge >= 0.3 is 0 Å². The molecule has 0 bridgehead atoms. The highest BCUT2D eigenvalue weighted by atomic mass is 16.7. The summed E-state index contributed by atoms with van der Waals surface area (Å²) in [4.78, 5) is 32.8. The summed E-state index contributed by atoms with van der Waals surface area (Å²) in [5, 5.41) is 0. The number of aromatic amines is 1. The van der Waals surface area contributed by atoms with Gasteiger partial charge in [-0.1, -0.05) is 0 Å². The minimum absolute atomic E-state index is 0.0629. The molecule has 1 fully saturated rings. The van der Waals surface area contributed by atoms with Gasteiger partial charge in [0.1, 0.15) is 0 Å². The molecule has 1 aromatic heterocycles. The first-order chi connectivity index (χ1) is 16.1. The maximum Gasteiger partial charge on any atom is 0.254 e. The lowest BCUT2D eigenvalue weighted by atomic mass is 9.81. The highest BCUT2D eigenvalue weighted by Crippen LogP contribution is 2.48. The Morgan fingerprint density at radius 1 is 1.06 bits per heavy atom. The van der Waals surface area contributed by atoms with E-state index in [0.717, 1.165) is 54.7 Å². The summed E-state index contributed by atoms with van der Waals surface area (Å²) in [7, 11) is 4.29. The Kier molecular flexibility index (Phi) is 5.71. The first-order valence-electron chi connectivity index (χ1n) is 12.3. The highest BCUT2D eigenvalue weighted by molar-refractivity contribution is 5.97. The molecule has 182 valence electrons. The molecular weight excluding hydrogens is 430 g/mol. The van der Waals surface area contributed by atoms with E-state index in [1.54, 1.807) is 4.90 Å². The summed E-state index contributed by atoms with van der Waals surface area (Å²) < 4.78 is 12.8. The van der Waals surface area contributed by atoms with Crippen molar-refractivity contribution in [2.24, 2.45) is 5.92 Å². The molecule has 0 spiro atoms. The Bertz CT molecular complexity index is 1180. The Hall–Kier alpha value is -2.80. The number of fused-ring (bicyclic) bond motifs is 2. The zero-order valence-corrected chi connectivity index (χ0v) is 20.9. The molecule has 3 aliphatic rings. The third kappa shape index (κ3) is 4.00. The van der Waals surface area contributed by atoms with Crippen molar-refractivity contribution in [3.05, 3.63) is 56.5 Å². The number of hydrogen-bond donors (Lipinski definition) is 1. The molecule has 0 radical (unpaired) electrons. The van der Waals surface area contributed by atoms with Crippen molar-refractivity contribution in [1.29, 1.82) is 0 Å². The smallest absolute Gasteiger partial charge is 0.254 e. The molecule has 2 aromatic rings. The topological polar surface area (TPSA) is 74.9 Å². The van der Waals surface area contributed by atoms with Gasteiger partial charge < -0.3 is 24.3 Å².